The van der Waals surface area contributed by atoms with Crippen LogP contribution in [0.1, 0.15) is 23.0 Å². The van der Waals surface area contributed by atoms with Crippen molar-refractivity contribution < 1.29 is 19.2 Å². The number of hydrogen-bond acceptors (Lipinski definition) is 5. The van der Waals surface area contributed by atoms with Gasteiger partial charge in [0.1, 0.15) is 5.75 Å². The smallest absolute Gasteiger partial charge is 0.314 e. The van der Waals surface area contributed by atoms with Gasteiger partial charge in [0, 0.05) is 22.2 Å². The Bertz CT molecular complexity index is 993. The van der Waals surface area contributed by atoms with Gasteiger partial charge in [-0.05, 0) is 32.0 Å². The second-order valence-electron chi connectivity index (χ2n) is 5.89. The molecule has 0 bridgehead atoms. The van der Waals surface area contributed by atoms with E-state index in [1.807, 2.05) is 31.2 Å². The minimum Gasteiger partial charge on any atom is -0.496 e. The molecule has 26 heavy (non-hydrogen) atoms. The first-order chi connectivity index (χ1) is 12.4. The Morgan fingerprint density at radius 1 is 1.23 bits per heavy atom. The zero-order chi connectivity index (χ0) is 18.8. The van der Waals surface area contributed by atoms with Gasteiger partial charge in [0.05, 0.1) is 18.1 Å². The number of aromatic nitrogens is 1. The first-order valence-electron chi connectivity index (χ1n) is 8.03. The van der Waals surface area contributed by atoms with Crippen LogP contribution in [-0.2, 0) is 0 Å². The number of H-pyrrole nitrogens is 1. The number of nitro benzene ring substituents is 1. The summed E-state index contributed by atoms with van der Waals surface area (Å²) < 4.78 is 10.6. The van der Waals surface area contributed by atoms with Gasteiger partial charge in [0.15, 0.2) is 11.9 Å². The molecule has 0 aliphatic rings. The van der Waals surface area contributed by atoms with Crippen molar-refractivity contribution in [3.8, 4) is 11.5 Å². The molecule has 0 spiro atoms. The summed E-state index contributed by atoms with van der Waals surface area (Å²) in [6.07, 6.45) is -0.889. The number of aromatic amines is 1. The molecule has 1 atom stereocenters. The maximum absolute atomic E-state index is 12.9. The standard InChI is InChI=1S/C19H18N2O5/c1-11-18(14-6-4-5-7-15(14)20-11)19(22)12(2)26-17-9-8-13(25-3)10-16(17)21(23)24/h4-10,12,20H,1-3H3/t12-/m0/s1. The minimum absolute atomic E-state index is 0.0224. The van der Waals surface area contributed by atoms with Crippen LogP contribution in [0.3, 0.4) is 0 Å². The fraction of sp³-hybridized carbons (Fsp3) is 0.211. The molecule has 0 fully saturated rings. The number of rotatable bonds is 6. The van der Waals surface area contributed by atoms with Gasteiger partial charge in [-0.3, -0.25) is 14.9 Å². The van der Waals surface area contributed by atoms with Crippen LogP contribution in [0.2, 0.25) is 0 Å². The van der Waals surface area contributed by atoms with E-state index in [0.717, 1.165) is 16.6 Å². The average molecular weight is 354 g/mol. The lowest BCUT2D eigenvalue weighted by atomic mass is 10.0. The van der Waals surface area contributed by atoms with Crippen molar-refractivity contribution in [3.63, 3.8) is 0 Å². The molecule has 1 aromatic heterocycles. The lowest BCUT2D eigenvalue weighted by molar-refractivity contribution is -0.386. The molecule has 3 aromatic rings. The van der Waals surface area contributed by atoms with Crippen LogP contribution in [0.15, 0.2) is 42.5 Å². The maximum Gasteiger partial charge on any atom is 0.314 e. The molecule has 0 amide bonds. The van der Waals surface area contributed by atoms with Crippen LogP contribution in [0.5, 0.6) is 11.5 Å². The maximum atomic E-state index is 12.9. The summed E-state index contributed by atoms with van der Waals surface area (Å²) >= 11 is 0. The SMILES string of the molecule is COc1ccc(O[C@@H](C)C(=O)c2c(C)[nH]c3ccccc23)c([N+](=O)[O-])c1. The molecule has 1 N–H and O–H groups in total. The van der Waals surface area contributed by atoms with E-state index >= 15 is 0 Å². The molecule has 134 valence electrons. The number of carbonyl (C=O) groups is 1. The lowest BCUT2D eigenvalue weighted by Gasteiger charge is -2.14. The number of ketones is 1. The van der Waals surface area contributed by atoms with Crippen LogP contribution in [0.25, 0.3) is 10.9 Å². The first-order valence-corrected chi connectivity index (χ1v) is 8.03. The van der Waals surface area contributed by atoms with Crippen molar-refractivity contribution >= 4 is 22.4 Å². The van der Waals surface area contributed by atoms with Crippen molar-refractivity contribution in [2.24, 2.45) is 0 Å². The van der Waals surface area contributed by atoms with E-state index in [1.165, 1.54) is 19.2 Å². The minimum atomic E-state index is -0.889. The summed E-state index contributed by atoms with van der Waals surface area (Å²) in [6, 6.07) is 11.7. The molecular weight excluding hydrogens is 336 g/mol. The highest BCUT2D eigenvalue weighted by Gasteiger charge is 2.26. The quantitative estimate of drug-likeness (QED) is 0.409. The van der Waals surface area contributed by atoms with E-state index in [9.17, 15) is 14.9 Å². The summed E-state index contributed by atoms with van der Waals surface area (Å²) in [6.45, 7) is 3.40. The first kappa shape index (κ1) is 17.5. The molecule has 0 saturated carbocycles. The van der Waals surface area contributed by atoms with Crippen molar-refractivity contribution in [1.29, 1.82) is 0 Å². The number of carbonyl (C=O) groups excluding carboxylic acids is 1. The van der Waals surface area contributed by atoms with E-state index in [2.05, 4.69) is 4.98 Å². The Hall–Kier alpha value is -3.35. The van der Waals surface area contributed by atoms with Gasteiger partial charge in [-0.15, -0.1) is 0 Å². The fourth-order valence-corrected chi connectivity index (χ4v) is 2.91. The molecule has 3 rings (SSSR count). The van der Waals surface area contributed by atoms with E-state index in [1.54, 1.807) is 13.0 Å². The second kappa shape index (κ2) is 6.87. The van der Waals surface area contributed by atoms with Crippen molar-refractivity contribution in [2.75, 3.05) is 7.11 Å². The molecule has 7 nitrogen and oxygen atoms in total. The molecular formula is C19H18N2O5. The summed E-state index contributed by atoms with van der Waals surface area (Å²) in [4.78, 5) is 26.8. The predicted octanol–water partition coefficient (Wildman–Crippen LogP) is 4.04. The Kier molecular flexibility index (Phi) is 4.62. The molecule has 0 aliphatic carbocycles. The Morgan fingerprint density at radius 3 is 2.65 bits per heavy atom. The third-order valence-electron chi connectivity index (χ3n) is 4.18. The highest BCUT2D eigenvalue weighted by Crippen LogP contribution is 2.32. The number of hydrogen-bond donors (Lipinski definition) is 1. The Morgan fingerprint density at radius 2 is 1.96 bits per heavy atom. The van der Waals surface area contributed by atoms with Crippen LogP contribution in [-0.4, -0.2) is 28.9 Å². The summed E-state index contributed by atoms with van der Waals surface area (Å²) in [7, 11) is 1.42. The average Bonchev–Trinajstić information content (AvgIpc) is 2.96. The van der Waals surface area contributed by atoms with Crippen LogP contribution in [0, 0.1) is 17.0 Å². The normalized spacial score (nSPS) is 12.0. The van der Waals surface area contributed by atoms with Crippen molar-refractivity contribution in [3.05, 3.63) is 63.8 Å². The largest absolute Gasteiger partial charge is 0.496 e. The van der Waals surface area contributed by atoms with Gasteiger partial charge >= 0.3 is 5.69 Å². The Labute approximate surface area is 149 Å². The number of benzene rings is 2. The van der Waals surface area contributed by atoms with Crippen molar-refractivity contribution in [2.45, 2.75) is 20.0 Å². The number of nitrogens with zero attached hydrogens (tertiary/aromatic N) is 1. The van der Waals surface area contributed by atoms with Crippen LogP contribution < -0.4 is 9.47 Å². The van der Waals surface area contributed by atoms with Gasteiger partial charge in [-0.2, -0.15) is 0 Å². The number of para-hydroxylation sites is 1. The third-order valence-corrected chi connectivity index (χ3v) is 4.18. The van der Waals surface area contributed by atoms with Gasteiger partial charge < -0.3 is 14.5 Å². The fourth-order valence-electron chi connectivity index (χ4n) is 2.91. The number of aryl methyl sites for hydroxylation is 1. The lowest BCUT2D eigenvalue weighted by Crippen LogP contribution is -2.24. The number of methoxy groups -OCH3 is 1. The number of nitrogens with one attached hydrogen (secondary N) is 1. The van der Waals surface area contributed by atoms with Crippen LogP contribution >= 0.6 is 0 Å². The monoisotopic (exact) mass is 354 g/mol. The highest BCUT2D eigenvalue weighted by atomic mass is 16.6. The Balaban J connectivity index is 1.93. The van der Waals surface area contributed by atoms with E-state index < -0.39 is 11.0 Å². The van der Waals surface area contributed by atoms with E-state index in [0.29, 0.717) is 11.3 Å². The van der Waals surface area contributed by atoms with Crippen LogP contribution in [0.4, 0.5) is 5.69 Å². The molecule has 0 radical (unpaired) electrons. The van der Waals surface area contributed by atoms with Crippen molar-refractivity contribution in [1.82, 2.24) is 4.98 Å². The van der Waals surface area contributed by atoms with Gasteiger partial charge in [-0.25, -0.2) is 0 Å². The summed E-state index contributed by atoms with van der Waals surface area (Å²) in [5, 5.41) is 12.1. The molecule has 0 saturated heterocycles. The number of Topliss-reactive ketones (excluding diaryl/α,β-unsaturated/α-hetero) is 1. The third kappa shape index (κ3) is 3.11. The van der Waals surface area contributed by atoms with Gasteiger partial charge in [0.25, 0.3) is 0 Å². The number of ether oxygens (including phenoxy) is 2. The second-order valence-corrected chi connectivity index (χ2v) is 5.89. The zero-order valence-electron chi connectivity index (χ0n) is 14.6. The molecule has 7 heteroatoms. The number of nitro groups is 1. The van der Waals surface area contributed by atoms with Gasteiger partial charge in [-0.1, -0.05) is 18.2 Å². The van der Waals surface area contributed by atoms with Gasteiger partial charge in [0.2, 0.25) is 5.78 Å². The zero-order valence-corrected chi connectivity index (χ0v) is 14.6. The topological polar surface area (TPSA) is 94.5 Å². The molecule has 1 heterocycles. The molecule has 2 aromatic carbocycles. The predicted molar refractivity (Wildman–Crippen MR) is 97.1 cm³/mol. The molecule has 0 aliphatic heterocycles. The van der Waals surface area contributed by atoms with E-state index in [-0.39, 0.29) is 17.2 Å². The number of fused-ring (bicyclic) bond motifs is 1. The summed E-state index contributed by atoms with van der Waals surface area (Å²) in [5.74, 6) is 0.120. The summed E-state index contributed by atoms with van der Waals surface area (Å²) in [5.41, 5.74) is 1.87. The highest BCUT2D eigenvalue weighted by molar-refractivity contribution is 6.11. The molecule has 0 unspecified atom stereocenters. The van der Waals surface area contributed by atoms with E-state index in [4.69, 9.17) is 9.47 Å².